The molecule has 2 heterocycles. The number of aryl methyl sites for hydroxylation is 1. The lowest BCUT2D eigenvalue weighted by atomic mass is 10.2. The van der Waals surface area contributed by atoms with Crippen LogP contribution in [0, 0.1) is 0 Å². The molecule has 0 saturated carbocycles. The van der Waals surface area contributed by atoms with Crippen molar-refractivity contribution >= 4 is 10.9 Å². The molecule has 0 fully saturated rings. The predicted octanol–water partition coefficient (Wildman–Crippen LogP) is 2.45. The summed E-state index contributed by atoms with van der Waals surface area (Å²) < 4.78 is 5.34. The Hall–Kier alpha value is -2.54. The molecule has 1 aromatic carbocycles. The zero-order valence-electron chi connectivity index (χ0n) is 14.1. The number of hydrogen-bond donors (Lipinski definition) is 1. The van der Waals surface area contributed by atoms with E-state index in [1.807, 2.05) is 37.1 Å². The first-order valence-corrected chi connectivity index (χ1v) is 8.09. The summed E-state index contributed by atoms with van der Waals surface area (Å²) in [6.07, 6.45) is 1.78. The lowest BCUT2D eigenvalue weighted by molar-refractivity contribution is 0.198. The second kappa shape index (κ2) is 6.92. The lowest BCUT2D eigenvalue weighted by Crippen LogP contribution is -2.25. The topological polar surface area (TPSA) is 87.9 Å². The van der Waals surface area contributed by atoms with Gasteiger partial charge < -0.3 is 9.51 Å². The molecule has 1 atom stereocenters. The third-order valence-corrected chi connectivity index (χ3v) is 4.04. The molecule has 0 saturated heterocycles. The van der Waals surface area contributed by atoms with Crippen molar-refractivity contribution in [1.82, 2.24) is 25.0 Å². The van der Waals surface area contributed by atoms with E-state index in [9.17, 15) is 4.79 Å². The Labute approximate surface area is 139 Å². The maximum atomic E-state index is 12.1. The zero-order chi connectivity index (χ0) is 17.1. The van der Waals surface area contributed by atoms with Crippen LogP contribution in [0.2, 0.25) is 0 Å². The number of nitrogens with one attached hydrogen (secondary N) is 1. The van der Waals surface area contributed by atoms with Crippen LogP contribution >= 0.6 is 0 Å². The molecule has 0 amide bonds. The van der Waals surface area contributed by atoms with Crippen molar-refractivity contribution in [3.8, 4) is 0 Å². The van der Waals surface area contributed by atoms with Gasteiger partial charge in [0.1, 0.15) is 5.82 Å². The van der Waals surface area contributed by atoms with Gasteiger partial charge >= 0.3 is 0 Å². The highest BCUT2D eigenvalue weighted by molar-refractivity contribution is 5.77. The molecule has 7 heteroatoms. The number of aromatic amines is 1. The van der Waals surface area contributed by atoms with E-state index in [0.717, 1.165) is 18.7 Å². The first-order chi connectivity index (χ1) is 11.6. The fraction of sp³-hybridized carbons (Fsp3) is 0.412. The quantitative estimate of drug-likeness (QED) is 0.748. The lowest BCUT2D eigenvalue weighted by Gasteiger charge is -2.20. The predicted molar refractivity (Wildman–Crippen MR) is 90.5 cm³/mol. The van der Waals surface area contributed by atoms with Crippen LogP contribution in [0.3, 0.4) is 0 Å². The Morgan fingerprint density at radius 1 is 1.29 bits per heavy atom. The van der Waals surface area contributed by atoms with Gasteiger partial charge in [-0.3, -0.25) is 9.69 Å². The minimum Gasteiger partial charge on any atom is -0.338 e. The minimum atomic E-state index is -0.125. The molecular formula is C17H21N5O2. The standard InChI is InChI=1S/C17H21N5O2/c1-4-7-14-20-17(24-21-14)11(2)22(3)10-15-18-13-9-6-5-8-12(13)16(23)19-15/h5-6,8-9,11H,4,7,10H2,1-3H3,(H,18,19,23)/t11-/m1/s1. The van der Waals surface area contributed by atoms with Crippen molar-refractivity contribution in [3.63, 3.8) is 0 Å². The number of para-hydroxylation sites is 1. The Balaban J connectivity index is 1.78. The number of benzene rings is 1. The Morgan fingerprint density at radius 3 is 2.88 bits per heavy atom. The summed E-state index contributed by atoms with van der Waals surface area (Å²) in [5, 5.41) is 4.58. The maximum Gasteiger partial charge on any atom is 0.258 e. The monoisotopic (exact) mass is 327 g/mol. The maximum absolute atomic E-state index is 12.1. The van der Waals surface area contributed by atoms with Crippen molar-refractivity contribution in [2.45, 2.75) is 39.3 Å². The number of rotatable bonds is 6. The highest BCUT2D eigenvalue weighted by atomic mass is 16.5. The Kier molecular flexibility index (Phi) is 4.71. The first-order valence-electron chi connectivity index (χ1n) is 8.09. The summed E-state index contributed by atoms with van der Waals surface area (Å²) in [6.45, 7) is 4.54. The smallest absolute Gasteiger partial charge is 0.258 e. The van der Waals surface area contributed by atoms with Crippen LogP contribution in [-0.2, 0) is 13.0 Å². The van der Waals surface area contributed by atoms with Crippen molar-refractivity contribution in [2.75, 3.05) is 7.05 Å². The molecule has 7 nitrogen and oxygen atoms in total. The second-order valence-electron chi connectivity index (χ2n) is 5.92. The van der Waals surface area contributed by atoms with Gasteiger partial charge in [-0.05, 0) is 32.5 Å². The van der Waals surface area contributed by atoms with Crippen molar-refractivity contribution < 1.29 is 4.52 Å². The second-order valence-corrected chi connectivity index (χ2v) is 5.92. The van der Waals surface area contributed by atoms with Gasteiger partial charge in [0.2, 0.25) is 5.89 Å². The van der Waals surface area contributed by atoms with Gasteiger partial charge in [0, 0.05) is 6.42 Å². The summed E-state index contributed by atoms with van der Waals surface area (Å²) in [7, 11) is 1.93. The molecule has 3 rings (SSSR count). The zero-order valence-corrected chi connectivity index (χ0v) is 14.1. The fourth-order valence-electron chi connectivity index (χ4n) is 2.53. The van der Waals surface area contributed by atoms with Gasteiger partial charge in [0.25, 0.3) is 5.56 Å². The van der Waals surface area contributed by atoms with E-state index in [2.05, 4.69) is 27.0 Å². The molecule has 126 valence electrons. The van der Waals surface area contributed by atoms with Gasteiger partial charge in [-0.25, -0.2) is 4.98 Å². The van der Waals surface area contributed by atoms with Gasteiger partial charge in [0.15, 0.2) is 5.82 Å². The van der Waals surface area contributed by atoms with E-state index in [-0.39, 0.29) is 11.6 Å². The van der Waals surface area contributed by atoms with E-state index in [1.54, 1.807) is 6.07 Å². The summed E-state index contributed by atoms with van der Waals surface area (Å²) in [6, 6.07) is 7.24. The molecule has 0 aliphatic carbocycles. The first kappa shape index (κ1) is 16.3. The number of fused-ring (bicyclic) bond motifs is 1. The van der Waals surface area contributed by atoms with E-state index in [4.69, 9.17) is 4.52 Å². The van der Waals surface area contributed by atoms with Crippen molar-refractivity contribution in [3.05, 3.63) is 52.2 Å². The van der Waals surface area contributed by atoms with E-state index in [1.165, 1.54) is 0 Å². The summed E-state index contributed by atoms with van der Waals surface area (Å²) in [4.78, 5) is 25.9. The molecule has 3 aromatic rings. The largest absolute Gasteiger partial charge is 0.338 e. The average molecular weight is 327 g/mol. The third-order valence-electron chi connectivity index (χ3n) is 4.04. The molecule has 0 unspecified atom stereocenters. The minimum absolute atomic E-state index is 0.0696. The molecular weight excluding hydrogens is 306 g/mol. The molecule has 0 radical (unpaired) electrons. The fourth-order valence-corrected chi connectivity index (χ4v) is 2.53. The molecule has 24 heavy (non-hydrogen) atoms. The van der Waals surface area contributed by atoms with E-state index < -0.39 is 0 Å². The summed E-state index contributed by atoms with van der Waals surface area (Å²) in [5.74, 6) is 1.91. The van der Waals surface area contributed by atoms with Crippen molar-refractivity contribution in [1.29, 1.82) is 0 Å². The molecule has 0 aliphatic rings. The Bertz CT molecular complexity index is 886. The molecule has 0 spiro atoms. The highest BCUT2D eigenvalue weighted by Crippen LogP contribution is 2.18. The Morgan fingerprint density at radius 2 is 2.08 bits per heavy atom. The van der Waals surface area contributed by atoms with Gasteiger partial charge in [-0.2, -0.15) is 4.98 Å². The van der Waals surface area contributed by atoms with Crippen LogP contribution in [0.1, 0.15) is 43.8 Å². The van der Waals surface area contributed by atoms with Gasteiger partial charge in [-0.1, -0.05) is 24.2 Å². The van der Waals surface area contributed by atoms with Crippen LogP contribution in [0.4, 0.5) is 0 Å². The number of hydrogen-bond acceptors (Lipinski definition) is 6. The number of aromatic nitrogens is 4. The van der Waals surface area contributed by atoms with Crippen LogP contribution < -0.4 is 5.56 Å². The van der Waals surface area contributed by atoms with E-state index >= 15 is 0 Å². The van der Waals surface area contributed by atoms with E-state index in [0.29, 0.717) is 29.2 Å². The van der Waals surface area contributed by atoms with Crippen molar-refractivity contribution in [2.24, 2.45) is 0 Å². The summed E-state index contributed by atoms with van der Waals surface area (Å²) >= 11 is 0. The number of nitrogens with zero attached hydrogens (tertiary/aromatic N) is 4. The highest BCUT2D eigenvalue weighted by Gasteiger charge is 2.19. The molecule has 0 bridgehead atoms. The molecule has 0 aliphatic heterocycles. The van der Waals surface area contributed by atoms with Crippen LogP contribution in [0.5, 0.6) is 0 Å². The summed E-state index contributed by atoms with van der Waals surface area (Å²) in [5.41, 5.74) is 0.569. The van der Waals surface area contributed by atoms with Crippen LogP contribution in [-0.4, -0.2) is 32.1 Å². The SMILES string of the molecule is CCCc1noc([C@@H](C)N(C)Cc2nc3ccccc3c(=O)[nH]2)n1. The molecule has 2 aromatic heterocycles. The number of H-pyrrole nitrogens is 1. The third kappa shape index (κ3) is 3.35. The van der Waals surface area contributed by atoms with Crippen LogP contribution in [0.15, 0.2) is 33.6 Å². The molecule has 1 N–H and O–H groups in total. The normalized spacial score (nSPS) is 12.8. The van der Waals surface area contributed by atoms with Gasteiger partial charge in [0.05, 0.1) is 23.5 Å². The average Bonchev–Trinajstić information content (AvgIpc) is 3.03. The van der Waals surface area contributed by atoms with Gasteiger partial charge in [-0.15, -0.1) is 0 Å². The van der Waals surface area contributed by atoms with Crippen LogP contribution in [0.25, 0.3) is 10.9 Å².